The van der Waals surface area contributed by atoms with Crippen molar-refractivity contribution < 1.29 is 0 Å². The summed E-state index contributed by atoms with van der Waals surface area (Å²) in [6.07, 6.45) is 4.70. The second-order valence-corrected chi connectivity index (χ2v) is 15.2. The largest absolute Gasteiger partial charge is 0.311 e. The van der Waals surface area contributed by atoms with E-state index in [0.29, 0.717) is 0 Å². The Morgan fingerprint density at radius 3 is 1.43 bits per heavy atom. The molecule has 0 atom stereocenters. The molecule has 266 valence electrons. The molecule has 0 aromatic heterocycles. The Hall–Kier alpha value is -6.78. The van der Waals surface area contributed by atoms with Crippen molar-refractivity contribution in [2.45, 2.75) is 25.7 Å². The predicted octanol–water partition coefficient (Wildman–Crippen LogP) is 11.8. The number of fused-ring (bicyclic) bond motifs is 5. The topological polar surface area (TPSA) is 9.72 Å². The van der Waals surface area contributed by atoms with E-state index in [1.165, 1.54) is 79.9 Å². The minimum Gasteiger partial charge on any atom is -0.311 e. The Morgan fingerprint density at radius 2 is 0.875 bits per heavy atom. The molecule has 0 radical (unpaired) electrons. The van der Waals surface area contributed by atoms with Gasteiger partial charge in [-0.25, -0.2) is 0 Å². The zero-order chi connectivity index (χ0) is 37.0. The summed E-state index contributed by atoms with van der Waals surface area (Å²) in [6.45, 7) is 0.0650. The van der Waals surface area contributed by atoms with E-state index < -0.39 is 0 Å². The maximum Gasteiger partial charge on any atom is 0.252 e. The summed E-state index contributed by atoms with van der Waals surface area (Å²) in [5, 5.41) is 0. The Labute approximate surface area is 329 Å². The highest BCUT2D eigenvalue weighted by molar-refractivity contribution is 7.00. The molecule has 3 aliphatic rings. The molecule has 8 aromatic rings. The van der Waals surface area contributed by atoms with Crippen LogP contribution < -0.4 is 31.1 Å². The van der Waals surface area contributed by atoms with Crippen LogP contribution in [0.25, 0.3) is 11.1 Å². The highest BCUT2D eigenvalue weighted by atomic mass is 15.2. The van der Waals surface area contributed by atoms with Crippen molar-refractivity contribution in [3.63, 3.8) is 0 Å². The van der Waals surface area contributed by atoms with E-state index >= 15 is 0 Å². The summed E-state index contributed by atoms with van der Waals surface area (Å²) in [5.41, 5.74) is 20.0. The summed E-state index contributed by atoms with van der Waals surface area (Å²) in [5.74, 6) is 0. The molecule has 0 unspecified atom stereocenters. The number of aryl methyl sites for hydroxylation is 2. The normalized spacial score (nSPS) is 13.7. The SMILES string of the molecule is c1ccc(-c2cc3c(cc2N(c2ccccc2)c2cc4c5c(c2)N(c2ccccc2)c2ccccc2B5c2ccccc2N4c2ccccc2)CCCC3)cc1. The van der Waals surface area contributed by atoms with Gasteiger partial charge in [0.2, 0.25) is 0 Å². The second kappa shape index (κ2) is 13.5. The Kier molecular flexibility index (Phi) is 7.87. The molecule has 0 fully saturated rings. The average molecular weight is 718 g/mol. The molecular weight excluding hydrogens is 677 g/mol. The monoisotopic (exact) mass is 717 g/mol. The summed E-state index contributed by atoms with van der Waals surface area (Å²) < 4.78 is 0. The van der Waals surface area contributed by atoms with Gasteiger partial charge in [0.25, 0.3) is 6.71 Å². The first-order chi connectivity index (χ1) is 27.8. The predicted molar refractivity (Wildman–Crippen MR) is 237 cm³/mol. The number of hydrogen-bond acceptors (Lipinski definition) is 3. The average Bonchev–Trinajstić information content (AvgIpc) is 3.27. The van der Waals surface area contributed by atoms with Gasteiger partial charge in [-0.3, -0.25) is 0 Å². The first-order valence-electron chi connectivity index (χ1n) is 19.9. The van der Waals surface area contributed by atoms with E-state index in [9.17, 15) is 0 Å². The van der Waals surface area contributed by atoms with Crippen LogP contribution in [0.1, 0.15) is 24.0 Å². The van der Waals surface area contributed by atoms with Gasteiger partial charge in [0.1, 0.15) is 0 Å². The third-order valence-electron chi connectivity index (χ3n) is 12.0. The number of rotatable bonds is 6. The van der Waals surface area contributed by atoms with Crippen molar-refractivity contribution in [3.05, 3.63) is 205 Å². The van der Waals surface area contributed by atoms with Crippen LogP contribution in [-0.4, -0.2) is 6.71 Å². The molecular formula is C52H40BN3. The van der Waals surface area contributed by atoms with Crippen molar-refractivity contribution in [3.8, 4) is 11.1 Å². The lowest BCUT2D eigenvalue weighted by Gasteiger charge is -2.45. The minimum atomic E-state index is 0.0650. The first kappa shape index (κ1) is 32.6. The number of benzene rings is 8. The third kappa shape index (κ3) is 5.28. The fourth-order valence-corrected chi connectivity index (χ4v) is 9.53. The lowest BCUT2D eigenvalue weighted by Crippen LogP contribution is -2.61. The van der Waals surface area contributed by atoms with Crippen LogP contribution in [0, 0.1) is 0 Å². The third-order valence-corrected chi connectivity index (χ3v) is 12.0. The lowest BCUT2D eigenvalue weighted by atomic mass is 9.33. The van der Waals surface area contributed by atoms with E-state index in [-0.39, 0.29) is 6.71 Å². The van der Waals surface area contributed by atoms with Gasteiger partial charge in [0, 0.05) is 45.4 Å². The van der Waals surface area contributed by atoms with Gasteiger partial charge in [-0.05, 0) is 132 Å². The van der Waals surface area contributed by atoms with Crippen molar-refractivity contribution in [2.75, 3.05) is 14.7 Å². The Morgan fingerprint density at radius 1 is 0.411 bits per heavy atom. The minimum absolute atomic E-state index is 0.0650. The van der Waals surface area contributed by atoms with E-state index in [1.807, 2.05) is 0 Å². The summed E-state index contributed by atoms with van der Waals surface area (Å²) in [6, 6.07) is 71.7. The van der Waals surface area contributed by atoms with Gasteiger partial charge in [-0.1, -0.05) is 121 Å². The lowest BCUT2D eigenvalue weighted by molar-refractivity contribution is 0.686. The van der Waals surface area contributed by atoms with Crippen LogP contribution in [0.4, 0.5) is 51.2 Å². The van der Waals surface area contributed by atoms with Crippen molar-refractivity contribution in [1.29, 1.82) is 0 Å². The van der Waals surface area contributed by atoms with Gasteiger partial charge in [0.15, 0.2) is 0 Å². The number of nitrogens with zero attached hydrogens (tertiary/aromatic N) is 3. The molecule has 8 aromatic carbocycles. The van der Waals surface area contributed by atoms with Crippen LogP contribution in [0.15, 0.2) is 194 Å². The second-order valence-electron chi connectivity index (χ2n) is 15.2. The molecule has 1 aliphatic carbocycles. The highest BCUT2D eigenvalue weighted by Gasteiger charge is 2.43. The van der Waals surface area contributed by atoms with Gasteiger partial charge in [0.05, 0.1) is 11.4 Å². The maximum atomic E-state index is 2.52. The van der Waals surface area contributed by atoms with Crippen molar-refractivity contribution in [2.24, 2.45) is 0 Å². The molecule has 0 amide bonds. The zero-order valence-corrected chi connectivity index (χ0v) is 31.2. The number of para-hydroxylation sites is 5. The Balaban J connectivity index is 1.26. The van der Waals surface area contributed by atoms with Crippen LogP contribution in [0.2, 0.25) is 0 Å². The smallest absolute Gasteiger partial charge is 0.252 e. The molecule has 0 spiro atoms. The quantitative estimate of drug-likeness (QED) is 0.159. The van der Waals surface area contributed by atoms with Crippen LogP contribution in [0.3, 0.4) is 0 Å². The van der Waals surface area contributed by atoms with Crippen LogP contribution >= 0.6 is 0 Å². The van der Waals surface area contributed by atoms with Crippen molar-refractivity contribution in [1.82, 2.24) is 0 Å². The van der Waals surface area contributed by atoms with Crippen LogP contribution in [0.5, 0.6) is 0 Å². The summed E-state index contributed by atoms with van der Waals surface area (Å²) in [7, 11) is 0. The molecule has 11 rings (SSSR count). The van der Waals surface area contributed by atoms with Crippen molar-refractivity contribution >= 4 is 74.3 Å². The molecule has 4 heteroatoms. The zero-order valence-electron chi connectivity index (χ0n) is 31.2. The van der Waals surface area contributed by atoms with E-state index in [2.05, 4.69) is 209 Å². The fraction of sp³-hybridized carbons (Fsp3) is 0.0769. The first-order valence-corrected chi connectivity index (χ1v) is 19.9. The molecule has 0 saturated heterocycles. The molecule has 2 aliphatic heterocycles. The fourth-order valence-electron chi connectivity index (χ4n) is 9.53. The van der Waals surface area contributed by atoms with E-state index in [4.69, 9.17) is 0 Å². The molecule has 0 bridgehead atoms. The molecule has 56 heavy (non-hydrogen) atoms. The molecule has 0 N–H and O–H groups in total. The van der Waals surface area contributed by atoms with E-state index in [0.717, 1.165) is 35.6 Å². The number of hydrogen-bond donors (Lipinski definition) is 0. The molecule has 0 saturated carbocycles. The number of anilines is 9. The summed E-state index contributed by atoms with van der Waals surface area (Å²) >= 11 is 0. The maximum absolute atomic E-state index is 2.52. The molecule has 2 heterocycles. The van der Waals surface area contributed by atoms with Gasteiger partial charge >= 0.3 is 0 Å². The summed E-state index contributed by atoms with van der Waals surface area (Å²) in [4.78, 5) is 7.52. The van der Waals surface area contributed by atoms with E-state index in [1.54, 1.807) is 0 Å². The standard InChI is InChI=1S/C52H40BN3/c1-5-19-37(20-6-1)44-33-38-21-13-14-22-39(38)34-49(44)54(40-23-7-2-8-24-40)43-35-50-52-51(36-43)56(42-27-11-4-12-28-42)48-32-18-16-30-46(48)53(52)45-29-15-17-31-47(45)55(50)41-25-9-3-10-26-41/h1-12,15-20,23-36H,13-14,21-22H2. The Bertz CT molecular complexity index is 2600. The highest BCUT2D eigenvalue weighted by Crippen LogP contribution is 2.49. The van der Waals surface area contributed by atoms with Gasteiger partial charge in [-0.15, -0.1) is 0 Å². The van der Waals surface area contributed by atoms with Gasteiger partial charge in [-0.2, -0.15) is 0 Å². The van der Waals surface area contributed by atoms with Crippen LogP contribution in [-0.2, 0) is 12.8 Å². The van der Waals surface area contributed by atoms with Gasteiger partial charge < -0.3 is 14.7 Å². The molecule has 3 nitrogen and oxygen atoms in total.